The van der Waals surface area contributed by atoms with Crippen LogP contribution in [0.2, 0.25) is 0 Å². The van der Waals surface area contributed by atoms with Crippen LogP contribution in [-0.2, 0) is 10.9 Å². The standard InChI is InChI=1S/C17H13F4N7O/c18-9-4-10(6-22-5-9)23-15-26-14(27-16(28-15)24-11-7-29-8-11)12-2-1-3-13(25-12)17(19,20)21/h1-6,11H,7-8H2,(H2,23,24,26,27,28). The van der Waals surface area contributed by atoms with Crippen molar-refractivity contribution in [2.75, 3.05) is 23.8 Å². The van der Waals surface area contributed by atoms with Gasteiger partial charge in [-0.1, -0.05) is 6.07 Å². The van der Waals surface area contributed by atoms with Crippen molar-refractivity contribution in [3.05, 3.63) is 48.2 Å². The van der Waals surface area contributed by atoms with Crippen molar-refractivity contribution in [3.8, 4) is 11.5 Å². The molecule has 2 N–H and O–H groups in total. The number of anilines is 3. The highest BCUT2D eigenvalue weighted by Gasteiger charge is 2.32. The van der Waals surface area contributed by atoms with E-state index in [-0.39, 0.29) is 35.1 Å². The molecule has 4 rings (SSSR count). The fraction of sp³-hybridized carbons (Fsp3) is 0.235. The van der Waals surface area contributed by atoms with Gasteiger partial charge in [0.05, 0.1) is 37.3 Å². The first-order valence-corrected chi connectivity index (χ1v) is 8.39. The SMILES string of the molecule is Fc1cncc(Nc2nc(NC3COC3)nc(-c3cccc(C(F)(F)F)n3)n2)c1. The number of ether oxygens (including phenoxy) is 1. The molecule has 0 spiro atoms. The molecule has 1 aliphatic rings. The average Bonchev–Trinajstić information content (AvgIpc) is 2.64. The minimum atomic E-state index is -4.61. The quantitative estimate of drug-likeness (QED) is 0.623. The zero-order valence-electron chi connectivity index (χ0n) is 14.6. The molecular formula is C17H13F4N7O. The number of hydrogen-bond acceptors (Lipinski definition) is 8. The van der Waals surface area contributed by atoms with Gasteiger partial charge >= 0.3 is 6.18 Å². The summed E-state index contributed by atoms with van der Waals surface area (Å²) in [6.07, 6.45) is -2.23. The Hall–Kier alpha value is -3.41. The predicted octanol–water partition coefficient (Wildman–Crippen LogP) is 3.04. The highest BCUT2D eigenvalue weighted by atomic mass is 19.4. The molecule has 0 radical (unpaired) electrons. The van der Waals surface area contributed by atoms with Crippen LogP contribution >= 0.6 is 0 Å². The van der Waals surface area contributed by atoms with E-state index in [0.717, 1.165) is 12.3 Å². The minimum absolute atomic E-state index is 0.00986. The molecule has 0 atom stereocenters. The van der Waals surface area contributed by atoms with Crippen LogP contribution in [0.15, 0.2) is 36.7 Å². The lowest BCUT2D eigenvalue weighted by molar-refractivity contribution is -0.141. The topological polar surface area (TPSA) is 97.7 Å². The van der Waals surface area contributed by atoms with E-state index in [1.807, 2.05) is 0 Å². The summed E-state index contributed by atoms with van der Waals surface area (Å²) in [5, 5.41) is 5.77. The average molecular weight is 407 g/mol. The molecule has 4 heterocycles. The van der Waals surface area contributed by atoms with Gasteiger partial charge in [-0.05, 0) is 12.1 Å². The predicted molar refractivity (Wildman–Crippen MR) is 93.8 cm³/mol. The molecule has 1 aliphatic heterocycles. The molecule has 0 bridgehead atoms. The molecule has 3 aromatic heterocycles. The number of hydrogen-bond donors (Lipinski definition) is 2. The lowest BCUT2D eigenvalue weighted by atomic mass is 10.2. The molecule has 0 amide bonds. The normalized spacial score (nSPS) is 14.3. The molecule has 1 saturated heterocycles. The molecule has 0 aliphatic carbocycles. The van der Waals surface area contributed by atoms with Gasteiger partial charge < -0.3 is 15.4 Å². The van der Waals surface area contributed by atoms with E-state index < -0.39 is 17.7 Å². The Kier molecular flexibility index (Phi) is 4.92. The van der Waals surface area contributed by atoms with Crippen molar-refractivity contribution >= 4 is 17.6 Å². The van der Waals surface area contributed by atoms with Crippen LogP contribution in [-0.4, -0.2) is 44.2 Å². The maximum absolute atomic E-state index is 13.4. The summed E-state index contributed by atoms with van der Waals surface area (Å²) in [6, 6.07) is 4.56. The van der Waals surface area contributed by atoms with Gasteiger partial charge in [-0.3, -0.25) is 4.98 Å². The molecular weight excluding hydrogens is 394 g/mol. The second kappa shape index (κ2) is 7.54. The summed E-state index contributed by atoms with van der Waals surface area (Å²) in [4.78, 5) is 19.8. The minimum Gasteiger partial charge on any atom is -0.377 e. The molecule has 8 nitrogen and oxygen atoms in total. The van der Waals surface area contributed by atoms with Crippen molar-refractivity contribution in [1.82, 2.24) is 24.9 Å². The van der Waals surface area contributed by atoms with Gasteiger partial charge in [0.15, 0.2) is 5.82 Å². The smallest absolute Gasteiger partial charge is 0.377 e. The molecule has 0 unspecified atom stereocenters. The zero-order valence-corrected chi connectivity index (χ0v) is 14.6. The summed E-state index contributed by atoms with van der Waals surface area (Å²) >= 11 is 0. The summed E-state index contributed by atoms with van der Waals surface area (Å²) < 4.78 is 57.4. The first kappa shape index (κ1) is 18.9. The van der Waals surface area contributed by atoms with Crippen LogP contribution < -0.4 is 10.6 Å². The van der Waals surface area contributed by atoms with Gasteiger partial charge in [-0.2, -0.15) is 28.1 Å². The Morgan fingerprint density at radius 2 is 1.79 bits per heavy atom. The number of alkyl halides is 3. The van der Waals surface area contributed by atoms with E-state index in [4.69, 9.17) is 4.74 Å². The third kappa shape index (κ3) is 4.54. The van der Waals surface area contributed by atoms with Crippen LogP contribution in [0.25, 0.3) is 11.5 Å². The number of halogens is 4. The Bertz CT molecular complexity index is 1030. The lowest BCUT2D eigenvalue weighted by Crippen LogP contribution is -2.40. The van der Waals surface area contributed by atoms with Gasteiger partial charge in [0, 0.05) is 6.07 Å². The third-order valence-corrected chi connectivity index (χ3v) is 3.84. The number of rotatable bonds is 5. The van der Waals surface area contributed by atoms with E-state index >= 15 is 0 Å². The maximum Gasteiger partial charge on any atom is 0.433 e. The molecule has 3 aromatic rings. The van der Waals surface area contributed by atoms with Crippen LogP contribution in [0.5, 0.6) is 0 Å². The summed E-state index contributed by atoms with van der Waals surface area (Å²) in [5.74, 6) is -0.548. The molecule has 0 aromatic carbocycles. The first-order chi connectivity index (χ1) is 13.9. The molecule has 0 saturated carbocycles. The van der Waals surface area contributed by atoms with E-state index in [9.17, 15) is 17.6 Å². The molecule has 29 heavy (non-hydrogen) atoms. The van der Waals surface area contributed by atoms with Crippen molar-refractivity contribution in [2.45, 2.75) is 12.2 Å². The van der Waals surface area contributed by atoms with Crippen molar-refractivity contribution in [3.63, 3.8) is 0 Å². The first-order valence-electron chi connectivity index (χ1n) is 8.39. The van der Waals surface area contributed by atoms with Crippen molar-refractivity contribution in [2.24, 2.45) is 0 Å². The summed E-state index contributed by atoms with van der Waals surface area (Å²) in [6.45, 7) is 0.888. The van der Waals surface area contributed by atoms with Gasteiger partial charge in [-0.15, -0.1) is 0 Å². The highest BCUT2D eigenvalue weighted by Crippen LogP contribution is 2.29. The van der Waals surface area contributed by atoms with E-state index in [1.54, 1.807) is 0 Å². The van der Waals surface area contributed by atoms with Crippen LogP contribution in [0, 0.1) is 5.82 Å². The number of nitrogens with zero attached hydrogens (tertiary/aromatic N) is 5. The Morgan fingerprint density at radius 1 is 1.00 bits per heavy atom. The number of aromatic nitrogens is 5. The zero-order chi connectivity index (χ0) is 20.4. The maximum atomic E-state index is 13.4. The molecule has 150 valence electrons. The van der Waals surface area contributed by atoms with Gasteiger partial charge in [-0.25, -0.2) is 9.37 Å². The Morgan fingerprint density at radius 3 is 2.48 bits per heavy atom. The van der Waals surface area contributed by atoms with Crippen LogP contribution in [0.3, 0.4) is 0 Å². The van der Waals surface area contributed by atoms with E-state index in [1.165, 1.54) is 24.4 Å². The highest BCUT2D eigenvalue weighted by molar-refractivity contribution is 5.58. The van der Waals surface area contributed by atoms with Gasteiger partial charge in [0.2, 0.25) is 11.9 Å². The number of nitrogens with one attached hydrogen (secondary N) is 2. The third-order valence-electron chi connectivity index (χ3n) is 3.84. The van der Waals surface area contributed by atoms with E-state index in [0.29, 0.717) is 13.2 Å². The second-order valence-electron chi connectivity index (χ2n) is 6.11. The molecule has 12 heteroatoms. The Balaban J connectivity index is 1.71. The largest absolute Gasteiger partial charge is 0.433 e. The Labute approximate surface area is 161 Å². The monoisotopic (exact) mass is 407 g/mol. The van der Waals surface area contributed by atoms with Crippen molar-refractivity contribution in [1.29, 1.82) is 0 Å². The fourth-order valence-corrected chi connectivity index (χ4v) is 2.44. The van der Waals surface area contributed by atoms with Gasteiger partial charge in [0.25, 0.3) is 0 Å². The van der Waals surface area contributed by atoms with E-state index in [2.05, 4.69) is 35.6 Å². The van der Waals surface area contributed by atoms with Crippen LogP contribution in [0.1, 0.15) is 5.69 Å². The van der Waals surface area contributed by atoms with Gasteiger partial charge in [0.1, 0.15) is 17.2 Å². The molecule has 1 fully saturated rings. The second-order valence-corrected chi connectivity index (χ2v) is 6.11. The van der Waals surface area contributed by atoms with Crippen LogP contribution in [0.4, 0.5) is 35.1 Å². The number of pyridine rings is 2. The summed E-state index contributed by atoms with van der Waals surface area (Å²) in [7, 11) is 0. The van der Waals surface area contributed by atoms with Crippen molar-refractivity contribution < 1.29 is 22.3 Å². The fourth-order valence-electron chi connectivity index (χ4n) is 2.44. The summed E-state index contributed by atoms with van der Waals surface area (Å²) in [5.41, 5.74) is -0.895. The lowest BCUT2D eigenvalue weighted by Gasteiger charge is -2.26.